The average Bonchev–Trinajstić information content (AvgIpc) is 2.77. The van der Waals surface area contributed by atoms with Gasteiger partial charge in [0.2, 0.25) is 0 Å². The van der Waals surface area contributed by atoms with Crippen LogP contribution in [0.15, 0.2) is 24.3 Å². The van der Waals surface area contributed by atoms with E-state index in [9.17, 15) is 0 Å². The van der Waals surface area contributed by atoms with Crippen molar-refractivity contribution in [3.05, 3.63) is 35.4 Å². The van der Waals surface area contributed by atoms with Gasteiger partial charge in [-0.25, -0.2) is 0 Å². The average molecular weight is 209 g/mol. The highest BCUT2D eigenvalue weighted by atomic mass is 16.2. The highest BCUT2D eigenvalue weighted by Gasteiger charge is 2.15. The van der Waals surface area contributed by atoms with E-state index in [-0.39, 0.29) is 0 Å². The third-order valence-electron chi connectivity index (χ3n) is 2.35. The second kappa shape index (κ2) is 8.15. The maximum atomic E-state index is 8.00. The van der Waals surface area contributed by atoms with E-state index in [1.165, 1.54) is 11.1 Å². The minimum absolute atomic E-state index is 1.00. The molecular formula is C12H19NO2. The van der Waals surface area contributed by atoms with Crippen LogP contribution in [-0.4, -0.2) is 30.5 Å². The van der Waals surface area contributed by atoms with Gasteiger partial charge in [0, 0.05) is 20.2 Å². The SMILES string of the molecule is C=O.CCN1Cc2ccccc2C1.CO. The van der Waals surface area contributed by atoms with Crippen molar-refractivity contribution in [2.45, 2.75) is 20.0 Å². The molecule has 1 aliphatic heterocycles. The number of hydrogen-bond donors (Lipinski definition) is 1. The van der Waals surface area contributed by atoms with Gasteiger partial charge in [0.05, 0.1) is 0 Å². The van der Waals surface area contributed by atoms with Gasteiger partial charge in [0.25, 0.3) is 0 Å². The fourth-order valence-corrected chi connectivity index (χ4v) is 1.63. The van der Waals surface area contributed by atoms with Gasteiger partial charge in [0.1, 0.15) is 6.79 Å². The molecule has 1 aliphatic rings. The van der Waals surface area contributed by atoms with Crippen LogP contribution >= 0.6 is 0 Å². The predicted molar refractivity (Wildman–Crippen MR) is 61.5 cm³/mol. The summed E-state index contributed by atoms with van der Waals surface area (Å²) >= 11 is 0. The monoisotopic (exact) mass is 209 g/mol. The maximum absolute atomic E-state index is 8.00. The fraction of sp³-hybridized carbons (Fsp3) is 0.417. The Hall–Kier alpha value is -1.19. The van der Waals surface area contributed by atoms with Crippen molar-refractivity contribution >= 4 is 6.79 Å². The van der Waals surface area contributed by atoms with E-state index < -0.39 is 0 Å². The van der Waals surface area contributed by atoms with Crippen LogP contribution in [0.2, 0.25) is 0 Å². The van der Waals surface area contributed by atoms with Gasteiger partial charge >= 0.3 is 0 Å². The number of benzene rings is 1. The fourth-order valence-electron chi connectivity index (χ4n) is 1.63. The number of rotatable bonds is 1. The standard InChI is InChI=1S/C10H13N.CH4O.CH2O/c1-2-11-7-9-5-3-4-6-10(9)8-11;2*1-2/h3-6H,2,7-8H2,1H3;2H,1H3;1H2. The summed E-state index contributed by atoms with van der Waals surface area (Å²) in [5, 5.41) is 7.00. The van der Waals surface area contributed by atoms with Gasteiger partial charge < -0.3 is 9.90 Å². The third kappa shape index (κ3) is 3.81. The molecule has 0 radical (unpaired) electrons. The van der Waals surface area contributed by atoms with E-state index in [4.69, 9.17) is 9.90 Å². The molecule has 3 nitrogen and oxygen atoms in total. The Labute approximate surface area is 91.3 Å². The lowest BCUT2D eigenvalue weighted by atomic mass is 10.1. The Morgan fingerprint density at radius 2 is 1.60 bits per heavy atom. The third-order valence-corrected chi connectivity index (χ3v) is 2.35. The molecule has 0 fully saturated rings. The van der Waals surface area contributed by atoms with Crippen LogP contribution in [0.25, 0.3) is 0 Å². The summed E-state index contributed by atoms with van der Waals surface area (Å²) in [6, 6.07) is 8.70. The van der Waals surface area contributed by atoms with Crippen LogP contribution in [0.4, 0.5) is 0 Å². The molecule has 0 saturated carbocycles. The molecule has 84 valence electrons. The number of fused-ring (bicyclic) bond motifs is 1. The maximum Gasteiger partial charge on any atom is 0.106 e. The Balaban J connectivity index is 0.000000442. The van der Waals surface area contributed by atoms with E-state index in [0.29, 0.717) is 0 Å². The van der Waals surface area contributed by atoms with Crippen molar-refractivity contribution < 1.29 is 9.90 Å². The molecule has 1 heterocycles. The molecule has 0 saturated heterocycles. The Morgan fingerprint density at radius 3 is 1.93 bits per heavy atom. The van der Waals surface area contributed by atoms with E-state index >= 15 is 0 Å². The van der Waals surface area contributed by atoms with Gasteiger partial charge in [-0.3, -0.25) is 4.90 Å². The molecule has 0 spiro atoms. The van der Waals surface area contributed by atoms with Crippen LogP contribution in [0, 0.1) is 0 Å². The van der Waals surface area contributed by atoms with E-state index in [1.807, 2.05) is 6.79 Å². The topological polar surface area (TPSA) is 40.5 Å². The first kappa shape index (κ1) is 13.8. The normalized spacial score (nSPS) is 13.0. The lowest BCUT2D eigenvalue weighted by Gasteiger charge is -2.09. The number of hydrogen-bond acceptors (Lipinski definition) is 3. The molecule has 1 aromatic carbocycles. The molecule has 15 heavy (non-hydrogen) atoms. The van der Waals surface area contributed by atoms with Gasteiger partial charge in [0.15, 0.2) is 0 Å². The summed E-state index contributed by atoms with van der Waals surface area (Å²) in [6.45, 7) is 7.67. The zero-order valence-corrected chi connectivity index (χ0v) is 9.44. The van der Waals surface area contributed by atoms with Crippen LogP contribution in [0.5, 0.6) is 0 Å². The van der Waals surface area contributed by atoms with Crippen molar-refractivity contribution in [2.24, 2.45) is 0 Å². The summed E-state index contributed by atoms with van der Waals surface area (Å²) in [6.07, 6.45) is 0. The van der Waals surface area contributed by atoms with Crippen molar-refractivity contribution in [1.29, 1.82) is 0 Å². The minimum Gasteiger partial charge on any atom is -0.400 e. The Bertz CT molecular complexity index is 251. The summed E-state index contributed by atoms with van der Waals surface area (Å²) in [5.41, 5.74) is 3.02. The second-order valence-corrected chi connectivity index (χ2v) is 3.07. The van der Waals surface area contributed by atoms with Gasteiger partial charge in [-0.1, -0.05) is 31.2 Å². The van der Waals surface area contributed by atoms with Crippen molar-refractivity contribution in [3.63, 3.8) is 0 Å². The Morgan fingerprint density at radius 1 is 1.20 bits per heavy atom. The van der Waals surface area contributed by atoms with Gasteiger partial charge in [-0.05, 0) is 17.7 Å². The summed E-state index contributed by atoms with van der Waals surface area (Å²) in [4.78, 5) is 10.4. The molecule has 0 atom stereocenters. The summed E-state index contributed by atoms with van der Waals surface area (Å²) in [7, 11) is 1.00. The molecule has 0 aliphatic carbocycles. The highest BCUT2D eigenvalue weighted by molar-refractivity contribution is 5.29. The summed E-state index contributed by atoms with van der Waals surface area (Å²) < 4.78 is 0. The second-order valence-electron chi connectivity index (χ2n) is 3.07. The molecule has 0 amide bonds. The van der Waals surface area contributed by atoms with Crippen LogP contribution < -0.4 is 0 Å². The number of aliphatic hydroxyl groups excluding tert-OH is 1. The van der Waals surface area contributed by atoms with Crippen LogP contribution in [-0.2, 0) is 17.9 Å². The minimum atomic E-state index is 1.00. The zero-order chi connectivity index (χ0) is 11.7. The number of nitrogens with zero attached hydrogens (tertiary/aromatic N) is 1. The predicted octanol–water partition coefficient (Wildman–Crippen LogP) is 1.45. The van der Waals surface area contributed by atoms with Crippen molar-refractivity contribution in [1.82, 2.24) is 4.90 Å². The first-order chi connectivity index (χ1) is 7.40. The molecule has 0 aromatic heterocycles. The molecule has 2 rings (SSSR count). The molecule has 0 bridgehead atoms. The molecule has 1 aromatic rings. The highest BCUT2D eigenvalue weighted by Crippen LogP contribution is 2.21. The van der Waals surface area contributed by atoms with Crippen LogP contribution in [0.3, 0.4) is 0 Å². The quantitative estimate of drug-likeness (QED) is 0.761. The number of carbonyl (C=O) groups is 1. The van der Waals surface area contributed by atoms with Crippen LogP contribution in [0.1, 0.15) is 18.1 Å². The largest absolute Gasteiger partial charge is 0.400 e. The first-order valence-electron chi connectivity index (χ1n) is 4.93. The lowest BCUT2D eigenvalue weighted by molar-refractivity contribution is -0.0979. The van der Waals surface area contributed by atoms with Gasteiger partial charge in [-0.15, -0.1) is 0 Å². The van der Waals surface area contributed by atoms with E-state index in [1.54, 1.807) is 0 Å². The number of aliphatic hydroxyl groups is 1. The van der Waals surface area contributed by atoms with E-state index in [2.05, 4.69) is 36.1 Å². The number of carbonyl (C=O) groups excluding carboxylic acids is 1. The molecule has 1 N–H and O–H groups in total. The molecular weight excluding hydrogens is 190 g/mol. The zero-order valence-electron chi connectivity index (χ0n) is 9.44. The summed E-state index contributed by atoms with van der Waals surface area (Å²) in [5.74, 6) is 0. The molecule has 0 unspecified atom stereocenters. The van der Waals surface area contributed by atoms with E-state index in [0.717, 1.165) is 26.7 Å². The smallest absolute Gasteiger partial charge is 0.106 e. The van der Waals surface area contributed by atoms with Crippen molar-refractivity contribution in [2.75, 3.05) is 13.7 Å². The molecule has 3 heteroatoms. The van der Waals surface area contributed by atoms with Crippen molar-refractivity contribution in [3.8, 4) is 0 Å². The Kier molecular flexibility index (Phi) is 7.50. The lowest BCUT2D eigenvalue weighted by Crippen LogP contribution is -2.14. The first-order valence-corrected chi connectivity index (χ1v) is 4.93. The van der Waals surface area contributed by atoms with Gasteiger partial charge in [-0.2, -0.15) is 0 Å².